The number of rotatable bonds is 6. The number of carbonyl (C=O) groups excluding carboxylic acids is 2. The van der Waals surface area contributed by atoms with Crippen LogP contribution in [0, 0.1) is 12.3 Å². The molecule has 0 aliphatic carbocycles. The maximum Gasteiger partial charge on any atom is 0.243 e. The van der Waals surface area contributed by atoms with E-state index < -0.39 is 0 Å². The maximum absolute atomic E-state index is 13.0. The van der Waals surface area contributed by atoms with Crippen molar-refractivity contribution in [3.05, 3.63) is 40.6 Å². The van der Waals surface area contributed by atoms with Crippen molar-refractivity contribution in [1.82, 2.24) is 15.5 Å². The van der Waals surface area contributed by atoms with Crippen molar-refractivity contribution in [3.8, 4) is 0 Å². The minimum Gasteiger partial charge on any atom is -0.391 e. The molecule has 1 saturated heterocycles. The van der Waals surface area contributed by atoms with Gasteiger partial charge in [-0.05, 0) is 55.7 Å². The summed E-state index contributed by atoms with van der Waals surface area (Å²) in [5.41, 5.74) is 4.13. The van der Waals surface area contributed by atoms with Crippen molar-refractivity contribution in [2.45, 2.75) is 72.9 Å². The summed E-state index contributed by atoms with van der Waals surface area (Å²) < 4.78 is 0. The summed E-state index contributed by atoms with van der Waals surface area (Å²) in [4.78, 5) is 28.4. The molecule has 166 valence electrons. The molecule has 5 nitrogen and oxygen atoms in total. The largest absolute Gasteiger partial charge is 0.391 e. The van der Waals surface area contributed by atoms with Crippen LogP contribution >= 0.6 is 12.6 Å². The quantitative estimate of drug-likeness (QED) is 0.584. The van der Waals surface area contributed by atoms with E-state index in [2.05, 4.69) is 29.3 Å². The Bertz CT molecular complexity index is 826. The summed E-state index contributed by atoms with van der Waals surface area (Å²) >= 11 is 4.61. The van der Waals surface area contributed by atoms with Gasteiger partial charge in [0.1, 0.15) is 6.04 Å². The summed E-state index contributed by atoms with van der Waals surface area (Å²) in [5, 5.41) is 6.25. The maximum atomic E-state index is 13.0. The van der Waals surface area contributed by atoms with Crippen LogP contribution in [0.2, 0.25) is 0 Å². The number of nitrogens with one attached hydrogen (secondary N) is 2. The second-order valence-corrected chi connectivity index (χ2v) is 9.96. The van der Waals surface area contributed by atoms with E-state index in [-0.39, 0.29) is 29.3 Å². The van der Waals surface area contributed by atoms with Crippen molar-refractivity contribution >= 4 is 29.3 Å². The summed E-state index contributed by atoms with van der Waals surface area (Å²) in [6, 6.07) is 5.67. The van der Waals surface area contributed by atoms with Crippen LogP contribution in [0.3, 0.4) is 0 Å². The Hall–Kier alpha value is -1.95. The molecule has 2 atom stereocenters. The van der Waals surface area contributed by atoms with Gasteiger partial charge in [-0.25, -0.2) is 0 Å². The molecule has 0 bridgehead atoms. The Balaban J connectivity index is 2.11. The van der Waals surface area contributed by atoms with Gasteiger partial charge in [-0.3, -0.25) is 9.59 Å². The zero-order valence-electron chi connectivity index (χ0n) is 19.4. The van der Waals surface area contributed by atoms with Gasteiger partial charge in [0, 0.05) is 30.6 Å². The van der Waals surface area contributed by atoms with E-state index in [1.54, 1.807) is 4.90 Å². The fourth-order valence-electron chi connectivity index (χ4n) is 3.92. The van der Waals surface area contributed by atoms with Gasteiger partial charge in [0.2, 0.25) is 11.8 Å². The number of hydrogen-bond donors (Lipinski definition) is 3. The van der Waals surface area contributed by atoms with Crippen molar-refractivity contribution in [1.29, 1.82) is 0 Å². The molecule has 1 aliphatic heterocycles. The van der Waals surface area contributed by atoms with E-state index in [4.69, 9.17) is 0 Å². The third kappa shape index (κ3) is 6.03. The lowest BCUT2D eigenvalue weighted by molar-refractivity contribution is -0.140. The molecule has 2 rings (SSSR count). The second-order valence-electron chi connectivity index (χ2n) is 9.51. The minimum atomic E-state index is -0.368. The Labute approximate surface area is 187 Å². The van der Waals surface area contributed by atoms with Crippen molar-refractivity contribution in [2.24, 2.45) is 5.41 Å². The summed E-state index contributed by atoms with van der Waals surface area (Å²) in [6.45, 7) is 12.8. The van der Waals surface area contributed by atoms with Gasteiger partial charge in [0.25, 0.3) is 0 Å². The number of hydrogen-bond acceptors (Lipinski definition) is 4. The van der Waals surface area contributed by atoms with Crippen LogP contribution in [0.1, 0.15) is 76.6 Å². The first-order valence-corrected chi connectivity index (χ1v) is 11.2. The average molecular weight is 432 g/mol. The monoisotopic (exact) mass is 431 g/mol. The zero-order valence-corrected chi connectivity index (χ0v) is 20.3. The smallest absolute Gasteiger partial charge is 0.243 e. The number of benzene rings is 1. The molecule has 1 aliphatic rings. The average Bonchev–Trinajstić information content (AvgIpc) is 3.15. The predicted octanol–water partition coefficient (Wildman–Crippen LogP) is 4.44. The van der Waals surface area contributed by atoms with Crippen molar-refractivity contribution in [2.75, 3.05) is 13.6 Å². The van der Waals surface area contributed by atoms with Crippen molar-refractivity contribution < 1.29 is 9.59 Å². The lowest BCUT2D eigenvalue weighted by Crippen LogP contribution is -2.47. The number of likely N-dealkylation sites (tertiary alicyclic amines) is 1. The molecule has 0 saturated carbocycles. The number of carbonyl (C=O) groups is 2. The van der Waals surface area contributed by atoms with E-state index in [9.17, 15) is 9.59 Å². The van der Waals surface area contributed by atoms with E-state index in [0.29, 0.717) is 13.0 Å². The number of nitrogens with zero attached hydrogens (tertiary/aromatic N) is 1. The molecular formula is C24H37N3O2S. The fourth-order valence-corrected chi connectivity index (χ4v) is 4.17. The van der Waals surface area contributed by atoms with Gasteiger partial charge in [0.15, 0.2) is 0 Å². The Morgan fingerprint density at radius 2 is 1.97 bits per heavy atom. The standard InChI is InChI=1S/C24H37N3O2S/c1-15-13-18(22(30)17(3)25-7)10-11-19(15)16(2)26-23(29)20-9-8-12-27(20)21(28)14-24(4,5)6/h10-11,13,16,20,25,30H,8-9,12,14H2,1-7H3,(H,26,29)/b22-17-. The SMILES string of the molecule is CN/C(C)=C(\S)c1ccc(C(C)NC(=O)C2CCCN2C(=O)CC(C)(C)C)c(C)c1. The molecule has 0 radical (unpaired) electrons. The number of aryl methyl sites for hydroxylation is 1. The highest BCUT2D eigenvalue weighted by atomic mass is 32.1. The Kier molecular flexibility index (Phi) is 8.03. The van der Waals surface area contributed by atoms with Gasteiger partial charge in [-0.1, -0.05) is 39.0 Å². The topological polar surface area (TPSA) is 61.4 Å². The first-order chi connectivity index (χ1) is 13.9. The molecule has 2 N–H and O–H groups in total. The van der Waals surface area contributed by atoms with Crippen LogP contribution in [0.5, 0.6) is 0 Å². The molecule has 2 amide bonds. The van der Waals surface area contributed by atoms with Gasteiger partial charge in [-0.2, -0.15) is 0 Å². The molecule has 1 fully saturated rings. The predicted molar refractivity (Wildman–Crippen MR) is 127 cm³/mol. The summed E-state index contributed by atoms with van der Waals surface area (Å²) in [7, 11) is 1.88. The van der Waals surface area contributed by atoms with Crippen LogP contribution in [0.4, 0.5) is 0 Å². The summed E-state index contributed by atoms with van der Waals surface area (Å²) in [6.07, 6.45) is 2.06. The van der Waals surface area contributed by atoms with Gasteiger partial charge < -0.3 is 15.5 Å². The van der Waals surface area contributed by atoms with Gasteiger partial charge in [-0.15, -0.1) is 12.6 Å². The third-order valence-corrected chi connectivity index (χ3v) is 6.25. The molecule has 6 heteroatoms. The van der Waals surface area contributed by atoms with Gasteiger partial charge >= 0.3 is 0 Å². The highest BCUT2D eigenvalue weighted by Gasteiger charge is 2.35. The second kappa shape index (κ2) is 9.90. The number of amides is 2. The van der Waals surface area contributed by atoms with Crippen LogP contribution < -0.4 is 10.6 Å². The normalized spacial score (nSPS) is 18.7. The number of thiol groups is 1. The molecule has 0 spiro atoms. The third-order valence-electron chi connectivity index (χ3n) is 5.66. The minimum absolute atomic E-state index is 0.0634. The first kappa shape index (κ1) is 24.3. The molecule has 2 unspecified atom stereocenters. The molecule has 0 aromatic heterocycles. The Morgan fingerprint density at radius 1 is 1.30 bits per heavy atom. The van der Waals surface area contributed by atoms with Gasteiger partial charge in [0.05, 0.1) is 6.04 Å². The first-order valence-electron chi connectivity index (χ1n) is 10.7. The molecule has 1 aromatic carbocycles. The van der Waals surface area contributed by atoms with E-state index in [1.807, 2.05) is 60.7 Å². The fraction of sp³-hybridized carbons (Fsp3) is 0.583. The van der Waals surface area contributed by atoms with E-state index >= 15 is 0 Å². The van der Waals surface area contributed by atoms with E-state index in [1.165, 1.54) is 0 Å². The van der Waals surface area contributed by atoms with Crippen molar-refractivity contribution in [3.63, 3.8) is 0 Å². The highest BCUT2D eigenvalue weighted by molar-refractivity contribution is 7.90. The molecule has 30 heavy (non-hydrogen) atoms. The van der Waals surface area contributed by atoms with E-state index in [0.717, 1.165) is 40.1 Å². The van der Waals surface area contributed by atoms with Crippen LogP contribution in [-0.2, 0) is 9.59 Å². The lowest BCUT2D eigenvalue weighted by Gasteiger charge is -2.28. The lowest BCUT2D eigenvalue weighted by atomic mass is 9.91. The summed E-state index contributed by atoms with van der Waals surface area (Å²) in [5.74, 6) is 0.00730. The highest BCUT2D eigenvalue weighted by Crippen LogP contribution is 2.28. The molecular weight excluding hydrogens is 394 g/mol. The molecule has 1 heterocycles. The van der Waals surface area contributed by atoms with Crippen LogP contribution in [-0.4, -0.2) is 36.3 Å². The number of allylic oxidation sites excluding steroid dienone is 1. The van der Waals surface area contributed by atoms with Crippen LogP contribution in [0.15, 0.2) is 23.9 Å². The molecule has 1 aromatic rings. The Morgan fingerprint density at radius 3 is 2.53 bits per heavy atom. The van der Waals surface area contributed by atoms with Crippen LogP contribution in [0.25, 0.3) is 4.91 Å². The zero-order chi connectivity index (χ0) is 22.6.